The molecule has 1 aromatic carbocycles. The predicted molar refractivity (Wildman–Crippen MR) is 118 cm³/mol. The van der Waals surface area contributed by atoms with Crippen molar-refractivity contribution in [1.82, 2.24) is 10.0 Å². The molecule has 1 aromatic rings. The molecule has 0 bridgehead atoms. The molecule has 2 saturated carbocycles. The molecule has 0 radical (unpaired) electrons. The van der Waals surface area contributed by atoms with E-state index in [0.29, 0.717) is 12.0 Å². The number of benzene rings is 1. The van der Waals surface area contributed by atoms with Crippen molar-refractivity contribution in [3.05, 3.63) is 35.4 Å². The minimum Gasteiger partial charge on any atom is -0.392 e. The van der Waals surface area contributed by atoms with Crippen molar-refractivity contribution in [3.8, 4) is 0 Å². The zero-order chi connectivity index (χ0) is 23.8. The average molecular weight is 473 g/mol. The van der Waals surface area contributed by atoms with Crippen LogP contribution >= 0.6 is 0 Å². The third-order valence-corrected chi connectivity index (χ3v) is 8.43. The van der Waals surface area contributed by atoms with Gasteiger partial charge in [-0.3, -0.25) is 4.79 Å². The Morgan fingerprint density at radius 3 is 2.41 bits per heavy atom. The van der Waals surface area contributed by atoms with Crippen LogP contribution in [0.5, 0.6) is 0 Å². The first-order chi connectivity index (χ1) is 14.8. The van der Waals surface area contributed by atoms with Crippen LogP contribution in [0.2, 0.25) is 0 Å². The van der Waals surface area contributed by atoms with Crippen LogP contribution in [0, 0.1) is 40.7 Å². The summed E-state index contributed by atoms with van der Waals surface area (Å²) < 4.78 is 53.1. The van der Waals surface area contributed by atoms with Gasteiger partial charge in [-0.15, -0.1) is 0 Å². The first-order valence-corrected chi connectivity index (χ1v) is 13.1. The molecule has 0 saturated heterocycles. The van der Waals surface area contributed by atoms with E-state index in [4.69, 9.17) is 0 Å². The van der Waals surface area contributed by atoms with E-state index in [1.54, 1.807) is 6.92 Å². The molecule has 9 heteroatoms. The van der Waals surface area contributed by atoms with Gasteiger partial charge in [0.05, 0.1) is 12.4 Å². The average Bonchev–Trinajstić information content (AvgIpc) is 2.66. The molecule has 0 unspecified atom stereocenters. The van der Waals surface area contributed by atoms with Crippen LogP contribution in [0.15, 0.2) is 18.2 Å². The monoisotopic (exact) mass is 472 g/mol. The SMILES string of the molecule is C[C@@H]1[C@@H]2[C@@H](O)[C@@H]([C@H](C)C(=O)NCc3cc(F)cc(F)c3)CC[C@]2(C)CC[C@@H]1NS(C)(=O)=O. The van der Waals surface area contributed by atoms with Gasteiger partial charge in [-0.1, -0.05) is 20.8 Å². The summed E-state index contributed by atoms with van der Waals surface area (Å²) in [5.74, 6) is -2.67. The molecule has 0 spiro atoms. The second-order valence-electron chi connectivity index (χ2n) is 10.1. The standard InChI is InChI=1S/C23H34F2N2O4S/c1-13(22(29)26-12-15-9-16(24)11-17(25)10-15)18-5-7-23(3)8-6-19(27-32(4,30)31)14(2)20(23)21(18)28/h9-11,13-14,18-21,27-28H,5-8,12H2,1-4H3,(H,26,29)/t13-,14-,18+,19-,20+,21-,23+/m0/s1. The molecule has 2 fully saturated rings. The van der Waals surface area contributed by atoms with Crippen molar-refractivity contribution in [2.24, 2.45) is 29.1 Å². The summed E-state index contributed by atoms with van der Waals surface area (Å²) in [5, 5.41) is 14.1. The number of carbonyl (C=O) groups excluding carboxylic acids is 1. The third kappa shape index (κ3) is 5.48. The summed E-state index contributed by atoms with van der Waals surface area (Å²) in [6.45, 7) is 5.88. The number of hydrogen-bond acceptors (Lipinski definition) is 4. The molecule has 2 aliphatic carbocycles. The zero-order valence-electron chi connectivity index (χ0n) is 19.1. The Balaban J connectivity index is 1.69. The first-order valence-electron chi connectivity index (χ1n) is 11.2. The molecular weight excluding hydrogens is 438 g/mol. The Morgan fingerprint density at radius 2 is 1.81 bits per heavy atom. The number of carbonyl (C=O) groups is 1. The van der Waals surface area contributed by atoms with Gasteiger partial charge < -0.3 is 10.4 Å². The number of hydrogen-bond donors (Lipinski definition) is 3. The highest BCUT2D eigenvalue weighted by atomic mass is 32.2. The number of sulfonamides is 1. The van der Waals surface area contributed by atoms with Gasteiger partial charge in [-0.2, -0.15) is 0 Å². The molecule has 6 nitrogen and oxygen atoms in total. The van der Waals surface area contributed by atoms with Gasteiger partial charge in [0.1, 0.15) is 11.6 Å². The quantitative estimate of drug-likeness (QED) is 0.593. The molecule has 0 heterocycles. The summed E-state index contributed by atoms with van der Waals surface area (Å²) in [6, 6.07) is 2.88. The van der Waals surface area contributed by atoms with Crippen LogP contribution in [0.4, 0.5) is 8.78 Å². The van der Waals surface area contributed by atoms with Crippen LogP contribution in [0.3, 0.4) is 0 Å². The lowest BCUT2D eigenvalue weighted by molar-refractivity contribution is -0.141. The Hall–Kier alpha value is -1.58. The molecule has 1 amide bonds. The first kappa shape index (κ1) is 25.1. The van der Waals surface area contributed by atoms with Crippen molar-refractivity contribution >= 4 is 15.9 Å². The van der Waals surface area contributed by atoms with Gasteiger partial charge >= 0.3 is 0 Å². The molecular formula is C23H34F2N2O4S. The van der Waals surface area contributed by atoms with Crippen LogP contribution in [0.1, 0.15) is 52.0 Å². The number of halogens is 2. The molecule has 180 valence electrons. The summed E-state index contributed by atoms with van der Waals surface area (Å²) in [5.41, 5.74) is 0.218. The van der Waals surface area contributed by atoms with Gasteiger partial charge in [0.25, 0.3) is 0 Å². The van der Waals surface area contributed by atoms with Gasteiger partial charge in [0, 0.05) is 24.6 Å². The van der Waals surface area contributed by atoms with E-state index < -0.39 is 33.7 Å². The zero-order valence-corrected chi connectivity index (χ0v) is 19.9. The molecule has 3 rings (SSSR count). The molecule has 0 aromatic heterocycles. The number of aliphatic hydroxyl groups is 1. The molecule has 2 aliphatic rings. The van der Waals surface area contributed by atoms with E-state index in [-0.39, 0.29) is 41.7 Å². The second-order valence-corrected chi connectivity index (χ2v) is 11.8. The van der Waals surface area contributed by atoms with E-state index in [2.05, 4.69) is 17.0 Å². The smallest absolute Gasteiger partial charge is 0.223 e. The number of rotatable bonds is 6. The molecule has 0 aliphatic heterocycles. The Kier molecular flexibility index (Phi) is 7.32. The maximum Gasteiger partial charge on any atom is 0.223 e. The topological polar surface area (TPSA) is 95.5 Å². The summed E-state index contributed by atoms with van der Waals surface area (Å²) in [6.07, 6.45) is 3.46. The summed E-state index contributed by atoms with van der Waals surface area (Å²) in [7, 11) is -3.36. The van der Waals surface area contributed by atoms with Crippen LogP contribution in [-0.2, 0) is 21.4 Å². The van der Waals surface area contributed by atoms with E-state index in [1.807, 2.05) is 6.92 Å². The highest BCUT2D eigenvalue weighted by molar-refractivity contribution is 7.88. The lowest BCUT2D eigenvalue weighted by atomic mass is 9.52. The van der Waals surface area contributed by atoms with Gasteiger partial charge in [-0.25, -0.2) is 21.9 Å². The number of nitrogens with one attached hydrogen (secondary N) is 2. The maximum absolute atomic E-state index is 13.4. The Labute approximate surface area is 189 Å². The second kappa shape index (κ2) is 9.35. The minimum atomic E-state index is -3.36. The molecule has 3 N–H and O–H groups in total. The van der Waals surface area contributed by atoms with Crippen molar-refractivity contribution in [2.45, 2.75) is 65.1 Å². The van der Waals surface area contributed by atoms with Crippen LogP contribution in [0.25, 0.3) is 0 Å². The fourth-order valence-electron chi connectivity index (χ4n) is 5.99. The van der Waals surface area contributed by atoms with Crippen LogP contribution in [-0.4, -0.2) is 37.8 Å². The number of aliphatic hydroxyl groups excluding tert-OH is 1. The van der Waals surface area contributed by atoms with Crippen molar-refractivity contribution < 1.29 is 27.1 Å². The molecule has 7 atom stereocenters. The van der Waals surface area contributed by atoms with E-state index in [1.165, 1.54) is 12.1 Å². The van der Waals surface area contributed by atoms with Gasteiger partial charge in [0.2, 0.25) is 15.9 Å². The summed E-state index contributed by atoms with van der Waals surface area (Å²) >= 11 is 0. The lowest BCUT2D eigenvalue weighted by Crippen LogP contribution is -2.58. The highest BCUT2D eigenvalue weighted by Gasteiger charge is 2.53. The minimum absolute atomic E-state index is 0.00142. The Morgan fingerprint density at radius 1 is 1.22 bits per heavy atom. The normalized spacial score (nSPS) is 33.9. The van der Waals surface area contributed by atoms with E-state index in [9.17, 15) is 27.1 Å². The van der Waals surface area contributed by atoms with Crippen molar-refractivity contribution in [2.75, 3.05) is 6.26 Å². The summed E-state index contributed by atoms with van der Waals surface area (Å²) in [4.78, 5) is 12.8. The largest absolute Gasteiger partial charge is 0.392 e. The van der Waals surface area contributed by atoms with Crippen LogP contribution < -0.4 is 10.0 Å². The number of fused-ring (bicyclic) bond motifs is 1. The third-order valence-electron chi connectivity index (χ3n) is 7.70. The lowest BCUT2D eigenvalue weighted by Gasteiger charge is -2.56. The van der Waals surface area contributed by atoms with E-state index in [0.717, 1.165) is 31.6 Å². The fourth-order valence-corrected chi connectivity index (χ4v) is 6.88. The molecule has 32 heavy (non-hydrogen) atoms. The Bertz CT molecular complexity index is 937. The van der Waals surface area contributed by atoms with Gasteiger partial charge in [-0.05, 0) is 66.5 Å². The fraction of sp³-hybridized carbons (Fsp3) is 0.696. The number of amides is 1. The van der Waals surface area contributed by atoms with E-state index >= 15 is 0 Å². The van der Waals surface area contributed by atoms with Crippen molar-refractivity contribution in [3.63, 3.8) is 0 Å². The highest BCUT2D eigenvalue weighted by Crippen LogP contribution is 2.55. The van der Waals surface area contributed by atoms with Crippen molar-refractivity contribution in [1.29, 1.82) is 0 Å². The predicted octanol–water partition coefficient (Wildman–Crippen LogP) is 2.96. The van der Waals surface area contributed by atoms with Gasteiger partial charge in [0.15, 0.2) is 0 Å². The maximum atomic E-state index is 13.4.